The Kier molecular flexibility index (Phi) is 8.69. The largest absolute Gasteiger partial charge is 0.462 e. The maximum Gasteiger partial charge on any atom is 0.338 e. The molecule has 11 heteroatoms. The molecule has 2 aliphatic rings. The van der Waals surface area contributed by atoms with Crippen molar-refractivity contribution in [2.45, 2.75) is 36.9 Å². The van der Waals surface area contributed by atoms with E-state index in [1.54, 1.807) is 6.07 Å². The van der Waals surface area contributed by atoms with Crippen LogP contribution in [0.25, 0.3) is 0 Å². The summed E-state index contributed by atoms with van der Waals surface area (Å²) in [6, 6.07) is 12.0. The average Bonchev–Trinajstić information content (AvgIpc) is 3.15. The quantitative estimate of drug-likeness (QED) is 0.292. The number of anilines is 2. The zero-order valence-electron chi connectivity index (χ0n) is 20.5. The number of esters is 2. The molecule has 4 atom stereocenters. The van der Waals surface area contributed by atoms with Gasteiger partial charge in [-0.25, -0.2) is 9.59 Å². The first-order valence-electron chi connectivity index (χ1n) is 12.2. The van der Waals surface area contributed by atoms with Crippen molar-refractivity contribution in [1.29, 1.82) is 0 Å². The highest BCUT2D eigenvalue weighted by Gasteiger charge is 2.52. The minimum Gasteiger partial charge on any atom is -0.462 e. The van der Waals surface area contributed by atoms with Gasteiger partial charge in [0.25, 0.3) is 5.91 Å². The van der Waals surface area contributed by atoms with E-state index in [-0.39, 0.29) is 23.1 Å². The number of amides is 3. The number of rotatable bonds is 8. The van der Waals surface area contributed by atoms with Crippen molar-refractivity contribution in [2.75, 3.05) is 23.4 Å². The lowest BCUT2D eigenvalue weighted by molar-refractivity contribution is -0.122. The predicted molar refractivity (Wildman–Crippen MR) is 140 cm³/mol. The molecule has 3 amide bonds. The van der Waals surface area contributed by atoms with Gasteiger partial charge in [0.15, 0.2) is 6.61 Å². The maximum atomic E-state index is 13.0. The molecule has 1 aliphatic heterocycles. The minimum atomic E-state index is -0.797. The summed E-state index contributed by atoms with van der Waals surface area (Å²) in [7, 11) is 0. The van der Waals surface area contributed by atoms with E-state index in [1.165, 1.54) is 42.5 Å². The smallest absolute Gasteiger partial charge is 0.338 e. The van der Waals surface area contributed by atoms with Crippen molar-refractivity contribution in [3.8, 4) is 0 Å². The molecule has 1 saturated carbocycles. The molecule has 1 aliphatic carbocycles. The number of hydrogen-bond acceptors (Lipinski definition) is 7. The average molecular weight is 561 g/mol. The van der Waals surface area contributed by atoms with Crippen LogP contribution in [-0.2, 0) is 23.9 Å². The van der Waals surface area contributed by atoms with Crippen molar-refractivity contribution in [3.05, 3.63) is 59.7 Å². The van der Waals surface area contributed by atoms with E-state index in [4.69, 9.17) is 32.7 Å². The molecule has 38 heavy (non-hydrogen) atoms. The second-order valence-corrected chi connectivity index (χ2v) is 10.2. The van der Waals surface area contributed by atoms with Crippen LogP contribution in [-0.4, -0.2) is 53.6 Å². The fraction of sp³-hybridized carbons (Fsp3) is 0.370. The molecule has 1 heterocycles. The monoisotopic (exact) mass is 560 g/mol. The molecule has 0 bridgehead atoms. The standard InChI is InChI=1S/C27H26Cl2N2O7/c1-2-10-37-26(35)15-6-8-17(9-7-15)30-23(32)14-38-27(36)16-4-3-5-18(11-16)31-24(33)19-12-21(28)22(29)13-20(19)25(31)34/h3-9,11,19-22H,2,10,12-14H2,1H3,(H,30,32)/t19-,20-,21+,22+/m1/s1. The Morgan fingerprint density at radius 2 is 1.50 bits per heavy atom. The first kappa shape index (κ1) is 27.6. The molecule has 9 nitrogen and oxygen atoms in total. The molecule has 0 aromatic heterocycles. The Hall–Kier alpha value is -3.43. The second kappa shape index (κ2) is 12.0. The first-order chi connectivity index (χ1) is 18.2. The molecule has 2 aromatic rings. The summed E-state index contributed by atoms with van der Waals surface area (Å²) in [6.07, 6.45) is 1.33. The third kappa shape index (κ3) is 6.00. The fourth-order valence-corrected chi connectivity index (χ4v) is 5.09. The Morgan fingerprint density at radius 1 is 0.895 bits per heavy atom. The molecule has 2 fully saturated rings. The van der Waals surface area contributed by atoms with Gasteiger partial charge in [-0.05, 0) is 61.7 Å². The van der Waals surface area contributed by atoms with Gasteiger partial charge in [-0.1, -0.05) is 13.0 Å². The van der Waals surface area contributed by atoms with Crippen LogP contribution >= 0.6 is 23.2 Å². The van der Waals surface area contributed by atoms with E-state index in [9.17, 15) is 24.0 Å². The summed E-state index contributed by atoms with van der Waals surface area (Å²) in [5.74, 6) is -3.67. The van der Waals surface area contributed by atoms with Crippen LogP contribution in [0.3, 0.4) is 0 Å². The van der Waals surface area contributed by atoms with Gasteiger partial charge in [-0.15, -0.1) is 23.2 Å². The number of alkyl halides is 2. The summed E-state index contributed by atoms with van der Waals surface area (Å²) < 4.78 is 10.2. The number of carbonyl (C=O) groups excluding carboxylic acids is 5. The van der Waals surface area contributed by atoms with Crippen LogP contribution in [0.15, 0.2) is 48.5 Å². The molecule has 200 valence electrons. The summed E-state index contributed by atoms with van der Waals surface area (Å²) in [5.41, 5.74) is 1.07. The van der Waals surface area contributed by atoms with Gasteiger partial charge in [0.1, 0.15) is 0 Å². The van der Waals surface area contributed by atoms with E-state index < -0.39 is 47.0 Å². The van der Waals surface area contributed by atoms with E-state index in [1.807, 2.05) is 6.92 Å². The highest BCUT2D eigenvalue weighted by atomic mass is 35.5. The van der Waals surface area contributed by atoms with Gasteiger partial charge in [0.05, 0.1) is 46.0 Å². The first-order valence-corrected chi connectivity index (χ1v) is 13.1. The number of imide groups is 1. The van der Waals surface area contributed by atoms with Crippen molar-refractivity contribution in [3.63, 3.8) is 0 Å². The zero-order valence-corrected chi connectivity index (χ0v) is 22.0. The molecule has 1 N–H and O–H groups in total. The van der Waals surface area contributed by atoms with Crippen molar-refractivity contribution in [2.24, 2.45) is 11.8 Å². The van der Waals surface area contributed by atoms with Crippen LogP contribution in [0.1, 0.15) is 46.9 Å². The third-order valence-corrected chi connectivity index (χ3v) is 7.52. The van der Waals surface area contributed by atoms with Crippen molar-refractivity contribution in [1.82, 2.24) is 0 Å². The number of benzene rings is 2. The third-order valence-electron chi connectivity index (χ3n) is 6.43. The molecule has 4 rings (SSSR count). The fourth-order valence-electron chi connectivity index (χ4n) is 4.50. The summed E-state index contributed by atoms with van der Waals surface area (Å²) in [4.78, 5) is 63.8. The van der Waals surface area contributed by atoms with E-state index in [0.717, 1.165) is 4.90 Å². The van der Waals surface area contributed by atoms with Crippen LogP contribution < -0.4 is 10.2 Å². The zero-order chi connectivity index (χ0) is 27.4. The van der Waals surface area contributed by atoms with Gasteiger partial charge in [-0.2, -0.15) is 0 Å². The van der Waals surface area contributed by atoms with Crippen LogP contribution in [0, 0.1) is 11.8 Å². The van der Waals surface area contributed by atoms with Crippen molar-refractivity contribution < 1.29 is 33.4 Å². The van der Waals surface area contributed by atoms with Gasteiger partial charge < -0.3 is 14.8 Å². The molecule has 0 radical (unpaired) electrons. The predicted octanol–water partition coefficient (Wildman–Crippen LogP) is 4.16. The van der Waals surface area contributed by atoms with Crippen LogP contribution in [0.2, 0.25) is 0 Å². The summed E-state index contributed by atoms with van der Waals surface area (Å²) >= 11 is 12.5. The normalized spacial score (nSPS) is 22.6. The lowest BCUT2D eigenvalue weighted by Gasteiger charge is -2.28. The molecule has 0 spiro atoms. The Bertz CT molecular complexity index is 1220. The lowest BCUT2D eigenvalue weighted by atomic mass is 9.80. The van der Waals surface area contributed by atoms with Gasteiger partial charge >= 0.3 is 11.9 Å². The number of halogens is 2. The Balaban J connectivity index is 1.34. The Morgan fingerprint density at radius 3 is 2.11 bits per heavy atom. The number of hydrogen-bond donors (Lipinski definition) is 1. The number of nitrogens with zero attached hydrogens (tertiary/aromatic N) is 1. The minimum absolute atomic E-state index is 0.0751. The number of fused-ring (bicyclic) bond motifs is 1. The van der Waals surface area contributed by atoms with Crippen LogP contribution in [0.5, 0.6) is 0 Å². The van der Waals surface area contributed by atoms with E-state index in [2.05, 4.69) is 5.32 Å². The lowest BCUT2D eigenvalue weighted by Crippen LogP contribution is -2.34. The number of ether oxygens (including phenoxy) is 2. The Labute approximate surface area is 229 Å². The van der Waals surface area contributed by atoms with Gasteiger partial charge in [-0.3, -0.25) is 19.3 Å². The molecular formula is C27H26Cl2N2O7. The van der Waals surface area contributed by atoms with Crippen molar-refractivity contribution >= 4 is 64.2 Å². The molecule has 0 unspecified atom stereocenters. The molecular weight excluding hydrogens is 535 g/mol. The van der Waals surface area contributed by atoms with E-state index in [0.29, 0.717) is 37.1 Å². The summed E-state index contributed by atoms with van der Waals surface area (Å²) in [6.45, 7) is 1.65. The topological polar surface area (TPSA) is 119 Å². The number of nitrogens with one attached hydrogen (secondary N) is 1. The highest BCUT2D eigenvalue weighted by molar-refractivity contribution is 6.31. The maximum absolute atomic E-state index is 13.0. The molecule has 1 saturated heterocycles. The van der Waals surface area contributed by atoms with Gasteiger partial charge in [0, 0.05) is 5.69 Å². The molecule has 2 aromatic carbocycles. The summed E-state index contributed by atoms with van der Waals surface area (Å²) in [5, 5.41) is 1.77. The second-order valence-electron chi connectivity index (χ2n) is 9.12. The number of carbonyl (C=O) groups is 5. The SMILES string of the molecule is CCCOC(=O)c1ccc(NC(=O)COC(=O)c2cccc(N3C(=O)[C@@H]4C[C@H](Cl)[C@@H](Cl)C[C@H]4C3=O)c2)cc1. The van der Waals surface area contributed by atoms with Gasteiger partial charge in [0.2, 0.25) is 11.8 Å². The van der Waals surface area contributed by atoms with E-state index >= 15 is 0 Å². The van der Waals surface area contributed by atoms with Crippen LogP contribution in [0.4, 0.5) is 11.4 Å². The highest BCUT2D eigenvalue weighted by Crippen LogP contribution is 2.43.